The van der Waals surface area contributed by atoms with Crippen LogP contribution in [0.4, 0.5) is 0 Å². The van der Waals surface area contributed by atoms with Gasteiger partial charge in [-0.25, -0.2) is 19.6 Å². The second kappa shape index (κ2) is 6.10. The second-order valence-corrected chi connectivity index (χ2v) is 9.05. The van der Waals surface area contributed by atoms with E-state index in [0.717, 1.165) is 49.5 Å². The van der Waals surface area contributed by atoms with Gasteiger partial charge in [-0.05, 0) is 39.0 Å². The molecule has 0 fully saturated rings. The first kappa shape index (κ1) is 16.8. The lowest BCUT2D eigenvalue weighted by atomic mass is 10.1. The molecule has 1 aliphatic heterocycles. The topological polar surface area (TPSA) is 61.4 Å². The summed E-state index contributed by atoms with van der Waals surface area (Å²) in [4.78, 5) is 15.3. The highest BCUT2D eigenvalue weighted by atomic mass is 79.9. The maximum absolute atomic E-state index is 4.89. The van der Waals surface area contributed by atoms with E-state index in [0.29, 0.717) is 13.0 Å². The summed E-state index contributed by atoms with van der Waals surface area (Å²) in [6.07, 6.45) is 2.53. The Morgan fingerprint density at radius 3 is 2.81 bits per heavy atom. The van der Waals surface area contributed by atoms with Crippen LogP contribution in [0.3, 0.4) is 0 Å². The summed E-state index contributed by atoms with van der Waals surface area (Å²) in [7, 11) is 0. The highest BCUT2D eigenvalue weighted by Crippen LogP contribution is 2.33. The molecule has 0 saturated heterocycles. The fourth-order valence-electron chi connectivity index (χ4n) is 3.56. The van der Waals surface area contributed by atoms with Crippen molar-refractivity contribution >= 4 is 27.3 Å². The van der Waals surface area contributed by atoms with Crippen molar-refractivity contribution in [1.29, 1.82) is 0 Å². The number of aromatic nitrogens is 6. The van der Waals surface area contributed by atoms with Crippen molar-refractivity contribution in [2.24, 2.45) is 0 Å². The van der Waals surface area contributed by atoms with Crippen LogP contribution in [-0.4, -0.2) is 29.3 Å². The maximum Gasteiger partial charge on any atom is 0.160 e. The summed E-state index contributed by atoms with van der Waals surface area (Å²) in [5.74, 6) is 1.68. The summed E-state index contributed by atoms with van der Waals surface area (Å²) in [6.45, 7) is 6.83. The Labute approximate surface area is 169 Å². The number of rotatable bonds is 2. The molecule has 4 aromatic rings. The van der Waals surface area contributed by atoms with Crippen molar-refractivity contribution in [2.75, 3.05) is 0 Å². The fourth-order valence-corrected chi connectivity index (χ4v) is 4.76. The number of aryl methyl sites for hydroxylation is 3. The third kappa shape index (κ3) is 2.74. The fraction of sp³-hybridized carbons (Fsp3) is 0.263. The third-order valence-electron chi connectivity index (χ3n) is 4.87. The summed E-state index contributed by atoms with van der Waals surface area (Å²) >= 11 is 5.31. The first-order valence-corrected chi connectivity index (χ1v) is 10.3. The van der Waals surface area contributed by atoms with Crippen LogP contribution in [0.1, 0.15) is 32.8 Å². The summed E-state index contributed by atoms with van der Waals surface area (Å²) in [5.41, 5.74) is 5.33. The molecule has 0 bridgehead atoms. The van der Waals surface area contributed by atoms with Crippen molar-refractivity contribution in [1.82, 2.24) is 29.3 Å². The maximum atomic E-state index is 4.89. The quantitative estimate of drug-likeness (QED) is 0.412. The second-order valence-electron chi connectivity index (χ2n) is 6.73. The van der Waals surface area contributed by atoms with Crippen LogP contribution in [0.2, 0.25) is 0 Å². The van der Waals surface area contributed by atoms with E-state index in [2.05, 4.69) is 49.5 Å². The van der Waals surface area contributed by atoms with Crippen molar-refractivity contribution in [3.63, 3.8) is 0 Å². The first-order valence-electron chi connectivity index (χ1n) is 8.69. The van der Waals surface area contributed by atoms with Gasteiger partial charge in [-0.3, -0.25) is 0 Å². The molecule has 1 aliphatic rings. The average Bonchev–Trinajstić information content (AvgIpc) is 3.25. The smallest absolute Gasteiger partial charge is 0.160 e. The van der Waals surface area contributed by atoms with Gasteiger partial charge in [0.2, 0.25) is 0 Å². The van der Waals surface area contributed by atoms with Gasteiger partial charge in [0.15, 0.2) is 11.6 Å². The monoisotopic (exact) mass is 440 g/mol. The van der Waals surface area contributed by atoms with Gasteiger partial charge in [0.05, 0.1) is 47.1 Å². The van der Waals surface area contributed by atoms with E-state index in [4.69, 9.17) is 10.1 Å². The van der Waals surface area contributed by atoms with Gasteiger partial charge in [0.25, 0.3) is 0 Å². The zero-order chi connectivity index (χ0) is 18.7. The van der Waals surface area contributed by atoms with E-state index in [-0.39, 0.29) is 0 Å². The van der Waals surface area contributed by atoms with Gasteiger partial charge < -0.3 is 4.57 Å². The molecular weight excluding hydrogens is 424 g/mol. The summed E-state index contributed by atoms with van der Waals surface area (Å²) in [6, 6.07) is 6.25. The number of fused-ring (bicyclic) bond motifs is 5. The number of halogens is 1. The van der Waals surface area contributed by atoms with Gasteiger partial charge in [0, 0.05) is 14.9 Å². The Balaban J connectivity index is 1.66. The molecule has 8 heteroatoms. The molecule has 4 heterocycles. The van der Waals surface area contributed by atoms with E-state index < -0.39 is 0 Å². The number of nitrogens with zero attached hydrogens (tertiary/aromatic N) is 6. The van der Waals surface area contributed by atoms with Crippen LogP contribution >= 0.6 is 27.3 Å². The molecule has 0 aliphatic carbocycles. The Hall–Kier alpha value is -2.32. The average molecular weight is 441 g/mol. The largest absolute Gasteiger partial charge is 0.300 e. The lowest BCUT2D eigenvalue weighted by Gasteiger charge is -2.08. The number of thiazole rings is 1. The number of hydrogen-bond donors (Lipinski definition) is 0. The van der Waals surface area contributed by atoms with Crippen LogP contribution in [0.15, 0.2) is 29.0 Å². The number of benzene rings is 1. The predicted octanol–water partition coefficient (Wildman–Crippen LogP) is 4.23. The molecular formula is C19H17BrN6S. The van der Waals surface area contributed by atoms with E-state index in [1.54, 1.807) is 11.3 Å². The Kier molecular flexibility index (Phi) is 3.80. The molecule has 0 saturated carbocycles. The van der Waals surface area contributed by atoms with Gasteiger partial charge >= 0.3 is 0 Å². The standard InChI is InChI=1S/C19H17BrN6S/c1-10-17-8-26-19(14-6-13(20)4-5-16(14)25(17)9-21-10)23-18(24-26)7-15-11(2)27-12(3)22-15/h4-6,9H,7-8H2,1-3H3. The van der Waals surface area contributed by atoms with Crippen molar-refractivity contribution in [2.45, 2.75) is 33.7 Å². The Bertz CT molecular complexity index is 1190. The normalized spacial score (nSPS) is 12.4. The number of hydrogen-bond acceptors (Lipinski definition) is 5. The zero-order valence-corrected chi connectivity index (χ0v) is 17.6. The van der Waals surface area contributed by atoms with Gasteiger partial charge in [-0.1, -0.05) is 15.9 Å². The lowest BCUT2D eigenvalue weighted by molar-refractivity contribution is 0.663. The molecule has 0 N–H and O–H groups in total. The third-order valence-corrected chi connectivity index (χ3v) is 6.30. The molecule has 5 rings (SSSR count). The highest BCUT2D eigenvalue weighted by Gasteiger charge is 2.24. The van der Waals surface area contributed by atoms with Crippen LogP contribution < -0.4 is 0 Å². The molecule has 0 unspecified atom stereocenters. The molecule has 27 heavy (non-hydrogen) atoms. The van der Waals surface area contributed by atoms with Crippen LogP contribution in [-0.2, 0) is 13.0 Å². The molecule has 6 nitrogen and oxygen atoms in total. The molecule has 136 valence electrons. The van der Waals surface area contributed by atoms with Crippen LogP contribution in [0.5, 0.6) is 0 Å². The van der Waals surface area contributed by atoms with Gasteiger partial charge in [-0.15, -0.1) is 11.3 Å². The van der Waals surface area contributed by atoms with E-state index in [1.807, 2.05) is 30.9 Å². The van der Waals surface area contributed by atoms with E-state index in [1.165, 1.54) is 4.88 Å². The minimum Gasteiger partial charge on any atom is -0.300 e. The minimum atomic E-state index is 0.648. The SMILES string of the molecule is Cc1nc(Cc2nc3n(n2)Cc2c(C)ncn2-c2ccc(Br)cc2-3)c(C)s1. The molecule has 0 spiro atoms. The number of imidazole rings is 1. The minimum absolute atomic E-state index is 0.648. The zero-order valence-electron chi connectivity index (χ0n) is 15.2. The summed E-state index contributed by atoms with van der Waals surface area (Å²) in [5, 5.41) is 5.90. The van der Waals surface area contributed by atoms with Crippen LogP contribution in [0, 0.1) is 20.8 Å². The molecule has 1 aromatic carbocycles. The van der Waals surface area contributed by atoms with Crippen LogP contribution in [0.25, 0.3) is 17.1 Å². The molecule has 0 radical (unpaired) electrons. The predicted molar refractivity (Wildman–Crippen MR) is 109 cm³/mol. The van der Waals surface area contributed by atoms with Gasteiger partial charge in [-0.2, -0.15) is 5.10 Å². The van der Waals surface area contributed by atoms with E-state index >= 15 is 0 Å². The lowest BCUT2D eigenvalue weighted by Crippen LogP contribution is -2.06. The highest BCUT2D eigenvalue weighted by molar-refractivity contribution is 9.10. The van der Waals surface area contributed by atoms with Crippen molar-refractivity contribution in [3.8, 4) is 17.1 Å². The Morgan fingerprint density at radius 2 is 2.04 bits per heavy atom. The first-order chi connectivity index (χ1) is 13.0. The molecule has 0 amide bonds. The van der Waals surface area contributed by atoms with Gasteiger partial charge in [0.1, 0.15) is 0 Å². The molecule has 0 atom stereocenters. The van der Waals surface area contributed by atoms with Crippen molar-refractivity contribution < 1.29 is 0 Å². The van der Waals surface area contributed by atoms with Crippen molar-refractivity contribution in [3.05, 3.63) is 61.8 Å². The summed E-state index contributed by atoms with van der Waals surface area (Å²) < 4.78 is 5.15. The van der Waals surface area contributed by atoms with E-state index in [9.17, 15) is 0 Å². The molecule has 3 aromatic heterocycles. The Morgan fingerprint density at radius 1 is 1.19 bits per heavy atom.